The molecule has 0 saturated carbocycles. The number of fused-ring (bicyclic) bond motifs is 1. The zero-order chi connectivity index (χ0) is 18.5. The van der Waals surface area contributed by atoms with E-state index in [1.165, 1.54) is 57.8 Å². The lowest BCUT2D eigenvalue weighted by Crippen LogP contribution is -2.39. The van der Waals surface area contributed by atoms with Crippen molar-refractivity contribution in [3.63, 3.8) is 0 Å². The van der Waals surface area contributed by atoms with Gasteiger partial charge in [-0.2, -0.15) is 0 Å². The molecule has 2 rings (SSSR count). The molecular formula is C21H40O3S. The van der Waals surface area contributed by atoms with Gasteiger partial charge in [0, 0.05) is 5.25 Å². The molecule has 3 nitrogen and oxygen atoms in total. The zero-order valence-electron chi connectivity index (χ0n) is 17.3. The first-order chi connectivity index (χ1) is 11.8. The molecule has 0 bridgehead atoms. The summed E-state index contributed by atoms with van der Waals surface area (Å²) in [5, 5.41) is 0.657. The fourth-order valence-corrected chi connectivity index (χ4v) is 5.89. The Kier molecular flexibility index (Phi) is 8.12. The summed E-state index contributed by atoms with van der Waals surface area (Å²) in [6, 6.07) is 0. The highest BCUT2D eigenvalue weighted by Gasteiger charge is 2.60. The SMILES string of the molecule is CCCCCCCC(CCCC)SC1(C)O[C@H](C)[C@H]2OC(C)(C)O[C@H]21. The Balaban J connectivity index is 1.93. The third-order valence-corrected chi connectivity index (χ3v) is 7.04. The highest BCUT2D eigenvalue weighted by atomic mass is 32.2. The average Bonchev–Trinajstić information content (AvgIpc) is 2.98. The normalized spacial score (nSPS) is 35.0. The van der Waals surface area contributed by atoms with Crippen molar-refractivity contribution in [3.8, 4) is 0 Å². The van der Waals surface area contributed by atoms with E-state index in [1.54, 1.807) is 0 Å². The molecule has 0 radical (unpaired) electrons. The summed E-state index contributed by atoms with van der Waals surface area (Å²) < 4.78 is 18.7. The molecule has 5 atom stereocenters. The third kappa shape index (κ3) is 5.85. The van der Waals surface area contributed by atoms with Crippen LogP contribution in [0.15, 0.2) is 0 Å². The van der Waals surface area contributed by atoms with Crippen molar-refractivity contribution >= 4 is 11.8 Å². The molecule has 0 amide bonds. The van der Waals surface area contributed by atoms with Gasteiger partial charge in [-0.05, 0) is 40.5 Å². The quantitative estimate of drug-likeness (QED) is 0.398. The van der Waals surface area contributed by atoms with Gasteiger partial charge >= 0.3 is 0 Å². The molecular weight excluding hydrogens is 332 g/mol. The topological polar surface area (TPSA) is 27.7 Å². The van der Waals surface area contributed by atoms with Gasteiger partial charge in [0.05, 0.1) is 6.10 Å². The molecule has 4 heteroatoms. The smallest absolute Gasteiger partial charge is 0.164 e. The monoisotopic (exact) mass is 372 g/mol. The predicted octanol–water partition coefficient (Wildman–Crippen LogP) is 6.29. The Morgan fingerprint density at radius 2 is 1.48 bits per heavy atom. The van der Waals surface area contributed by atoms with E-state index in [0.29, 0.717) is 5.25 Å². The molecule has 2 aliphatic rings. The van der Waals surface area contributed by atoms with Gasteiger partial charge in [-0.1, -0.05) is 58.8 Å². The lowest BCUT2D eigenvalue weighted by atomic mass is 10.1. The van der Waals surface area contributed by atoms with E-state index in [1.807, 2.05) is 25.6 Å². The fraction of sp³-hybridized carbons (Fsp3) is 1.00. The number of hydrogen-bond donors (Lipinski definition) is 0. The van der Waals surface area contributed by atoms with Crippen molar-refractivity contribution < 1.29 is 14.2 Å². The van der Waals surface area contributed by atoms with E-state index in [-0.39, 0.29) is 23.2 Å². The van der Waals surface area contributed by atoms with E-state index < -0.39 is 5.79 Å². The molecule has 2 fully saturated rings. The minimum absolute atomic E-state index is 0.0340. The van der Waals surface area contributed by atoms with Gasteiger partial charge in [0.2, 0.25) is 0 Å². The molecule has 148 valence electrons. The molecule has 0 aromatic rings. The fourth-order valence-electron chi connectivity index (χ4n) is 4.14. The molecule has 0 N–H and O–H groups in total. The van der Waals surface area contributed by atoms with E-state index in [4.69, 9.17) is 14.2 Å². The van der Waals surface area contributed by atoms with Crippen molar-refractivity contribution in [2.45, 2.75) is 134 Å². The van der Waals surface area contributed by atoms with E-state index in [0.717, 1.165) is 0 Å². The number of thioether (sulfide) groups is 1. The molecule has 2 heterocycles. The second-order valence-electron chi connectivity index (χ2n) is 8.44. The zero-order valence-corrected chi connectivity index (χ0v) is 18.1. The van der Waals surface area contributed by atoms with Gasteiger partial charge in [-0.3, -0.25) is 0 Å². The molecule has 2 aliphatic heterocycles. The number of hydrogen-bond acceptors (Lipinski definition) is 4. The number of unbranched alkanes of at least 4 members (excludes halogenated alkanes) is 5. The van der Waals surface area contributed by atoms with Crippen molar-refractivity contribution in [3.05, 3.63) is 0 Å². The molecule has 0 spiro atoms. The Hall–Kier alpha value is 0.230. The van der Waals surface area contributed by atoms with Gasteiger partial charge in [0.15, 0.2) is 5.79 Å². The maximum absolute atomic E-state index is 6.38. The maximum atomic E-state index is 6.38. The lowest BCUT2D eigenvalue weighted by Gasteiger charge is -2.34. The van der Waals surface area contributed by atoms with Crippen LogP contribution >= 0.6 is 11.8 Å². The average molecular weight is 373 g/mol. The van der Waals surface area contributed by atoms with Crippen LogP contribution in [0.3, 0.4) is 0 Å². The van der Waals surface area contributed by atoms with Crippen molar-refractivity contribution in [2.75, 3.05) is 0 Å². The Morgan fingerprint density at radius 3 is 2.16 bits per heavy atom. The van der Waals surface area contributed by atoms with Crippen LogP contribution in [0, 0.1) is 0 Å². The van der Waals surface area contributed by atoms with Crippen LogP contribution in [0.2, 0.25) is 0 Å². The highest BCUT2D eigenvalue weighted by Crippen LogP contribution is 2.51. The minimum atomic E-state index is -0.492. The molecule has 0 aliphatic carbocycles. The van der Waals surface area contributed by atoms with Gasteiger partial charge in [0.25, 0.3) is 0 Å². The van der Waals surface area contributed by atoms with E-state index in [9.17, 15) is 0 Å². The summed E-state index contributed by atoms with van der Waals surface area (Å²) in [4.78, 5) is -0.292. The molecule has 2 unspecified atom stereocenters. The van der Waals surface area contributed by atoms with Crippen molar-refractivity contribution in [2.24, 2.45) is 0 Å². The number of rotatable bonds is 11. The van der Waals surface area contributed by atoms with E-state index in [2.05, 4.69) is 27.7 Å². The number of ether oxygens (including phenoxy) is 3. The van der Waals surface area contributed by atoms with Crippen LogP contribution in [0.25, 0.3) is 0 Å². The van der Waals surface area contributed by atoms with E-state index >= 15 is 0 Å². The standard InChI is InChI=1S/C21H40O3S/c1-7-9-11-12-13-15-17(14-10-8-2)25-21(6)19-18(16(3)22-21)23-20(4,5)24-19/h16-19H,7-15H2,1-6H3/t16-,17?,18-,19-,21?/m1/s1. The van der Waals surface area contributed by atoms with Gasteiger partial charge in [-0.25, -0.2) is 0 Å². The highest BCUT2D eigenvalue weighted by molar-refractivity contribution is 8.01. The largest absolute Gasteiger partial charge is 0.356 e. The summed E-state index contributed by atoms with van der Waals surface area (Å²) >= 11 is 2.01. The summed E-state index contributed by atoms with van der Waals surface area (Å²) in [6.07, 6.45) is 12.1. The van der Waals surface area contributed by atoms with Crippen molar-refractivity contribution in [1.29, 1.82) is 0 Å². The van der Waals surface area contributed by atoms with Gasteiger partial charge in [-0.15, -0.1) is 11.8 Å². The van der Waals surface area contributed by atoms with Crippen molar-refractivity contribution in [1.82, 2.24) is 0 Å². The molecule has 0 aromatic carbocycles. The first-order valence-electron chi connectivity index (χ1n) is 10.5. The second kappa shape index (κ2) is 9.43. The van der Waals surface area contributed by atoms with Crippen LogP contribution in [0.4, 0.5) is 0 Å². The van der Waals surface area contributed by atoms with Crippen LogP contribution in [0.1, 0.15) is 99.3 Å². The van der Waals surface area contributed by atoms with Gasteiger partial charge in [0.1, 0.15) is 17.1 Å². The Labute approximate surface area is 159 Å². The summed E-state index contributed by atoms with van der Waals surface area (Å²) in [6.45, 7) is 12.9. The maximum Gasteiger partial charge on any atom is 0.164 e. The summed E-state index contributed by atoms with van der Waals surface area (Å²) in [7, 11) is 0. The third-order valence-electron chi connectivity index (χ3n) is 5.44. The minimum Gasteiger partial charge on any atom is -0.356 e. The summed E-state index contributed by atoms with van der Waals surface area (Å²) in [5.74, 6) is -0.492. The first-order valence-corrected chi connectivity index (χ1v) is 11.4. The Morgan fingerprint density at radius 1 is 0.840 bits per heavy atom. The predicted molar refractivity (Wildman–Crippen MR) is 107 cm³/mol. The van der Waals surface area contributed by atoms with Crippen LogP contribution in [0.5, 0.6) is 0 Å². The molecule has 25 heavy (non-hydrogen) atoms. The Bertz CT molecular complexity index is 401. The van der Waals surface area contributed by atoms with Crippen LogP contribution in [-0.2, 0) is 14.2 Å². The molecule has 2 saturated heterocycles. The van der Waals surface area contributed by atoms with Crippen LogP contribution in [-0.4, -0.2) is 34.3 Å². The first kappa shape index (κ1) is 21.5. The van der Waals surface area contributed by atoms with Crippen LogP contribution < -0.4 is 0 Å². The van der Waals surface area contributed by atoms with Gasteiger partial charge < -0.3 is 14.2 Å². The molecule has 0 aromatic heterocycles. The lowest BCUT2D eigenvalue weighted by molar-refractivity contribution is -0.188. The summed E-state index contributed by atoms with van der Waals surface area (Å²) in [5.41, 5.74) is 0. The second-order valence-corrected chi connectivity index (χ2v) is 10.2.